The number of likely N-dealkylation sites (N-methyl/N-ethyl adjacent to an activating group) is 1. The third-order valence-corrected chi connectivity index (χ3v) is 6.66. The molecule has 3 unspecified atom stereocenters. The van der Waals surface area contributed by atoms with Gasteiger partial charge in [0.1, 0.15) is 11.5 Å². The highest BCUT2D eigenvalue weighted by molar-refractivity contribution is 5.48. The van der Waals surface area contributed by atoms with E-state index < -0.39 is 0 Å². The molecule has 1 spiro atoms. The van der Waals surface area contributed by atoms with Gasteiger partial charge >= 0.3 is 0 Å². The summed E-state index contributed by atoms with van der Waals surface area (Å²) in [5.41, 5.74) is 1.59. The zero-order valence-electron chi connectivity index (χ0n) is 13.9. The van der Waals surface area contributed by atoms with E-state index in [1.165, 1.54) is 0 Å². The van der Waals surface area contributed by atoms with Crippen LogP contribution in [0.4, 0.5) is 0 Å². The van der Waals surface area contributed by atoms with Crippen LogP contribution in [0.15, 0.2) is 47.2 Å². The van der Waals surface area contributed by atoms with Crippen LogP contribution in [0.25, 0.3) is 0 Å². The van der Waals surface area contributed by atoms with Crippen LogP contribution in [0.5, 0.6) is 0 Å². The monoisotopic (exact) mass is 313 g/mol. The van der Waals surface area contributed by atoms with Gasteiger partial charge in [-0.25, -0.2) is 0 Å². The van der Waals surface area contributed by atoms with E-state index in [4.69, 9.17) is 14.2 Å². The highest BCUT2D eigenvalue weighted by Crippen LogP contribution is 2.66. The molecule has 2 heterocycles. The highest BCUT2D eigenvalue weighted by Gasteiger charge is 2.67. The van der Waals surface area contributed by atoms with Crippen molar-refractivity contribution >= 4 is 0 Å². The Bertz CT molecular complexity index is 689. The lowest BCUT2D eigenvalue weighted by Crippen LogP contribution is -2.59. The number of likely N-dealkylation sites (tertiary alicyclic amines) is 1. The van der Waals surface area contributed by atoms with E-state index in [1.54, 1.807) is 19.8 Å². The number of rotatable bonds is 2. The summed E-state index contributed by atoms with van der Waals surface area (Å²) >= 11 is 0. The molecule has 4 nitrogen and oxygen atoms in total. The van der Waals surface area contributed by atoms with Crippen molar-refractivity contribution in [2.75, 3.05) is 27.8 Å². The van der Waals surface area contributed by atoms with Gasteiger partial charge < -0.3 is 14.2 Å². The normalized spacial score (nSPS) is 43.4. The topological polar surface area (TPSA) is 30.9 Å². The Hall–Kier alpha value is -1.68. The molecule has 0 aromatic carbocycles. The molecule has 2 bridgehead atoms. The molecule has 5 atom stereocenters. The van der Waals surface area contributed by atoms with Gasteiger partial charge in [0, 0.05) is 17.4 Å². The van der Waals surface area contributed by atoms with Crippen LogP contribution in [-0.2, 0) is 14.2 Å². The molecule has 5 aliphatic rings. The van der Waals surface area contributed by atoms with Gasteiger partial charge in [-0.15, -0.1) is 0 Å². The predicted octanol–water partition coefficient (Wildman–Crippen LogP) is 2.61. The first-order chi connectivity index (χ1) is 11.2. The first-order valence-corrected chi connectivity index (χ1v) is 8.50. The molecular formula is C19H23NO3. The maximum atomic E-state index is 6.52. The summed E-state index contributed by atoms with van der Waals surface area (Å²) < 4.78 is 17.8. The molecule has 0 radical (unpaired) electrons. The van der Waals surface area contributed by atoms with Crippen molar-refractivity contribution in [3.8, 4) is 0 Å². The number of hydrogen-bond acceptors (Lipinski definition) is 4. The summed E-state index contributed by atoms with van der Waals surface area (Å²) in [7, 11) is 5.74. The highest BCUT2D eigenvalue weighted by atomic mass is 16.6. The van der Waals surface area contributed by atoms with Crippen molar-refractivity contribution in [1.82, 2.24) is 4.90 Å². The zero-order chi connectivity index (χ0) is 15.8. The number of nitrogens with zero attached hydrogens (tertiary/aromatic N) is 1. The third-order valence-electron chi connectivity index (χ3n) is 6.66. The fraction of sp³-hybridized carbons (Fsp3) is 0.579. The van der Waals surface area contributed by atoms with Crippen molar-refractivity contribution in [2.24, 2.45) is 17.3 Å². The Labute approximate surface area is 137 Å². The SMILES string of the molecule is COC1=CC=C2C3CC4C=CC(OC)=C5O[C@@H]1[C@]2(CCN3C)C54. The fourth-order valence-electron chi connectivity index (χ4n) is 5.68. The van der Waals surface area contributed by atoms with Gasteiger partial charge in [-0.2, -0.15) is 0 Å². The molecule has 3 fully saturated rings. The molecule has 2 aliphatic heterocycles. The van der Waals surface area contributed by atoms with Crippen LogP contribution in [0.3, 0.4) is 0 Å². The van der Waals surface area contributed by atoms with Crippen molar-refractivity contribution < 1.29 is 14.2 Å². The summed E-state index contributed by atoms with van der Waals surface area (Å²) in [6.45, 7) is 1.11. The molecular weight excluding hydrogens is 290 g/mol. The van der Waals surface area contributed by atoms with Crippen LogP contribution in [-0.4, -0.2) is 44.9 Å². The summed E-state index contributed by atoms with van der Waals surface area (Å²) in [4.78, 5) is 2.51. The van der Waals surface area contributed by atoms with Gasteiger partial charge in [0.2, 0.25) is 0 Å². The Morgan fingerprint density at radius 1 is 1.26 bits per heavy atom. The van der Waals surface area contributed by atoms with Crippen molar-refractivity contribution in [3.63, 3.8) is 0 Å². The first kappa shape index (κ1) is 13.7. The molecule has 5 rings (SSSR count). The summed E-state index contributed by atoms with van der Waals surface area (Å²) in [5, 5.41) is 0. The molecule has 0 aromatic rings. The molecule has 2 saturated heterocycles. The smallest absolute Gasteiger partial charge is 0.165 e. The Morgan fingerprint density at radius 3 is 2.91 bits per heavy atom. The van der Waals surface area contributed by atoms with Crippen molar-refractivity contribution in [3.05, 3.63) is 47.2 Å². The lowest BCUT2D eigenvalue weighted by atomic mass is 9.51. The average Bonchev–Trinajstić information content (AvgIpc) is 2.92. The van der Waals surface area contributed by atoms with Crippen LogP contribution in [0.1, 0.15) is 12.8 Å². The Kier molecular flexibility index (Phi) is 2.65. The first-order valence-electron chi connectivity index (χ1n) is 8.50. The van der Waals surface area contributed by atoms with E-state index in [2.05, 4.69) is 36.3 Å². The Balaban J connectivity index is 1.75. The summed E-state index contributed by atoms with van der Waals surface area (Å²) in [6, 6.07) is 0.513. The van der Waals surface area contributed by atoms with E-state index >= 15 is 0 Å². The molecule has 0 N–H and O–H groups in total. The van der Waals surface area contributed by atoms with Crippen molar-refractivity contribution in [1.29, 1.82) is 0 Å². The number of methoxy groups -OCH3 is 2. The minimum Gasteiger partial charge on any atom is -0.497 e. The predicted molar refractivity (Wildman–Crippen MR) is 86.3 cm³/mol. The average molecular weight is 313 g/mol. The molecule has 1 saturated carbocycles. The lowest BCUT2D eigenvalue weighted by molar-refractivity contribution is -0.00678. The second-order valence-electron chi connectivity index (χ2n) is 7.35. The van der Waals surface area contributed by atoms with Crippen LogP contribution < -0.4 is 0 Å². The third kappa shape index (κ3) is 1.46. The van der Waals surface area contributed by atoms with Gasteiger partial charge in [-0.1, -0.05) is 12.2 Å². The minimum absolute atomic E-state index is 0.00319. The summed E-state index contributed by atoms with van der Waals surface area (Å²) in [5.74, 6) is 3.80. The maximum Gasteiger partial charge on any atom is 0.165 e. The molecule has 0 amide bonds. The number of hydrogen-bond donors (Lipinski definition) is 0. The minimum atomic E-state index is -0.00319. The van der Waals surface area contributed by atoms with Crippen LogP contribution in [0, 0.1) is 17.3 Å². The quantitative estimate of drug-likeness (QED) is 0.784. The van der Waals surface area contributed by atoms with E-state index in [0.717, 1.165) is 36.7 Å². The number of allylic oxidation sites excluding steroid dienone is 5. The molecule has 3 aliphatic carbocycles. The van der Waals surface area contributed by atoms with Crippen LogP contribution in [0.2, 0.25) is 0 Å². The molecule has 23 heavy (non-hydrogen) atoms. The lowest BCUT2D eigenvalue weighted by Gasteiger charge is -2.56. The zero-order valence-corrected chi connectivity index (χ0v) is 13.9. The fourth-order valence-corrected chi connectivity index (χ4v) is 5.68. The second kappa shape index (κ2) is 4.44. The number of ether oxygens (including phenoxy) is 3. The largest absolute Gasteiger partial charge is 0.497 e. The van der Waals surface area contributed by atoms with Gasteiger partial charge in [0.15, 0.2) is 11.9 Å². The van der Waals surface area contributed by atoms with E-state index in [9.17, 15) is 0 Å². The van der Waals surface area contributed by atoms with Crippen molar-refractivity contribution in [2.45, 2.75) is 25.0 Å². The number of piperidine rings is 1. The van der Waals surface area contributed by atoms with Crippen LogP contribution >= 0.6 is 0 Å². The van der Waals surface area contributed by atoms with Gasteiger partial charge in [0.25, 0.3) is 0 Å². The van der Waals surface area contributed by atoms with E-state index in [1.807, 2.05) is 0 Å². The van der Waals surface area contributed by atoms with Gasteiger partial charge in [0.05, 0.1) is 14.2 Å². The second-order valence-corrected chi connectivity index (χ2v) is 7.35. The summed E-state index contributed by atoms with van der Waals surface area (Å²) in [6.07, 6.45) is 11.1. The standard InChI is InChI=1S/C19H23NO3/c1-20-9-8-19-12-5-7-15(22-3)18(19)23-17-14(21-2)6-4-11(16(17)19)10-13(12)20/h4-7,11,13,16,18H,8-10H2,1-3H3/t11?,13?,16?,18-,19-/m0/s1. The molecule has 122 valence electrons. The molecule has 4 heteroatoms. The van der Waals surface area contributed by atoms with E-state index in [0.29, 0.717) is 17.9 Å². The maximum absolute atomic E-state index is 6.52. The molecule has 0 aromatic heterocycles. The van der Waals surface area contributed by atoms with E-state index in [-0.39, 0.29) is 11.5 Å². The van der Waals surface area contributed by atoms with Gasteiger partial charge in [-0.05, 0) is 50.1 Å². The van der Waals surface area contributed by atoms with Gasteiger partial charge in [-0.3, -0.25) is 4.90 Å². The Morgan fingerprint density at radius 2 is 2.13 bits per heavy atom.